The molecule has 0 aliphatic carbocycles. The molecule has 0 unspecified atom stereocenters. The summed E-state index contributed by atoms with van der Waals surface area (Å²) in [6.07, 6.45) is 2.66. The second-order valence-corrected chi connectivity index (χ2v) is 6.03. The molecule has 110 valence electrons. The zero-order valence-electron chi connectivity index (χ0n) is 11.1. The monoisotopic (exact) mass is 360 g/mol. The average Bonchev–Trinajstić information content (AvgIpc) is 2.44. The summed E-state index contributed by atoms with van der Waals surface area (Å²) >= 11 is 9.28. The van der Waals surface area contributed by atoms with E-state index in [1.165, 1.54) is 0 Å². The number of amides is 1. The van der Waals surface area contributed by atoms with Crippen molar-refractivity contribution in [2.45, 2.75) is 25.4 Å². The molecule has 0 spiro atoms. The number of halogens is 2. The van der Waals surface area contributed by atoms with Crippen molar-refractivity contribution in [3.05, 3.63) is 27.7 Å². The van der Waals surface area contributed by atoms with Crippen LogP contribution in [-0.2, 0) is 9.53 Å². The number of benzene rings is 1. The average molecular weight is 362 g/mol. The highest BCUT2D eigenvalue weighted by atomic mass is 79.9. The molecule has 1 amide bonds. The van der Waals surface area contributed by atoms with Crippen LogP contribution in [0.3, 0.4) is 0 Å². The minimum Gasteiger partial charge on any atom is -0.378 e. The van der Waals surface area contributed by atoms with Crippen molar-refractivity contribution in [1.29, 1.82) is 0 Å². The maximum absolute atomic E-state index is 11.9. The van der Waals surface area contributed by atoms with Crippen molar-refractivity contribution in [2.75, 3.05) is 25.0 Å². The van der Waals surface area contributed by atoms with Crippen molar-refractivity contribution in [2.24, 2.45) is 0 Å². The van der Waals surface area contributed by atoms with E-state index in [2.05, 4.69) is 26.6 Å². The van der Waals surface area contributed by atoms with Crippen LogP contribution in [0.25, 0.3) is 0 Å². The maximum atomic E-state index is 11.9. The predicted octanol–water partition coefficient (Wildman–Crippen LogP) is 3.20. The highest BCUT2D eigenvalue weighted by Gasteiger charge is 2.14. The van der Waals surface area contributed by atoms with E-state index in [9.17, 15) is 4.79 Å². The second-order valence-electron chi connectivity index (χ2n) is 4.74. The molecule has 0 bridgehead atoms. The van der Waals surface area contributed by atoms with E-state index in [1.54, 1.807) is 12.1 Å². The van der Waals surface area contributed by atoms with Crippen LogP contribution in [0.5, 0.6) is 0 Å². The zero-order valence-corrected chi connectivity index (χ0v) is 13.5. The minimum absolute atomic E-state index is 0.0677. The fourth-order valence-corrected chi connectivity index (χ4v) is 2.60. The Bertz CT molecular complexity index is 464. The van der Waals surface area contributed by atoms with Crippen molar-refractivity contribution in [1.82, 2.24) is 5.32 Å². The summed E-state index contributed by atoms with van der Waals surface area (Å²) in [6, 6.07) is 5.29. The smallest absolute Gasteiger partial charge is 0.226 e. The van der Waals surface area contributed by atoms with Gasteiger partial charge in [0.25, 0.3) is 0 Å². The molecule has 0 radical (unpaired) electrons. The molecule has 1 aliphatic rings. The van der Waals surface area contributed by atoms with Gasteiger partial charge in [-0.25, -0.2) is 0 Å². The van der Waals surface area contributed by atoms with Crippen LogP contribution in [0.4, 0.5) is 5.69 Å². The van der Waals surface area contributed by atoms with Gasteiger partial charge in [-0.1, -0.05) is 11.6 Å². The largest absolute Gasteiger partial charge is 0.378 e. The Morgan fingerprint density at radius 2 is 2.20 bits per heavy atom. The van der Waals surface area contributed by atoms with Crippen LogP contribution in [0.2, 0.25) is 5.02 Å². The lowest BCUT2D eigenvalue weighted by molar-refractivity contribution is -0.117. The van der Waals surface area contributed by atoms with Gasteiger partial charge in [0.05, 0.1) is 24.8 Å². The molecule has 0 saturated carbocycles. The van der Waals surface area contributed by atoms with Gasteiger partial charge < -0.3 is 15.4 Å². The lowest BCUT2D eigenvalue weighted by Gasteiger charge is -2.22. The molecule has 1 fully saturated rings. The highest BCUT2D eigenvalue weighted by Crippen LogP contribution is 2.25. The van der Waals surface area contributed by atoms with Crippen molar-refractivity contribution < 1.29 is 9.53 Å². The molecule has 1 aromatic rings. The maximum Gasteiger partial charge on any atom is 0.226 e. The summed E-state index contributed by atoms with van der Waals surface area (Å²) in [5.41, 5.74) is 0.685. The van der Waals surface area contributed by atoms with Gasteiger partial charge in [0.2, 0.25) is 5.91 Å². The number of ether oxygens (including phenoxy) is 1. The summed E-state index contributed by atoms with van der Waals surface area (Å²) in [6.45, 7) is 2.44. The summed E-state index contributed by atoms with van der Waals surface area (Å²) < 4.78 is 6.52. The molecule has 1 aliphatic heterocycles. The Balaban J connectivity index is 1.73. The number of hydrogen-bond acceptors (Lipinski definition) is 3. The third kappa shape index (κ3) is 5.05. The third-order valence-electron chi connectivity index (χ3n) is 3.17. The SMILES string of the molecule is O=C(CCOC1CCNCC1)Nc1cc(Cl)ccc1Br. The molecule has 2 N–H and O–H groups in total. The first-order valence-corrected chi connectivity index (χ1v) is 7.89. The van der Waals surface area contributed by atoms with Crippen LogP contribution < -0.4 is 10.6 Å². The Kier molecular flexibility index (Phi) is 6.29. The van der Waals surface area contributed by atoms with Gasteiger partial charge in [0.15, 0.2) is 0 Å². The van der Waals surface area contributed by atoms with E-state index in [-0.39, 0.29) is 12.0 Å². The van der Waals surface area contributed by atoms with Gasteiger partial charge >= 0.3 is 0 Å². The molecule has 6 heteroatoms. The van der Waals surface area contributed by atoms with Crippen LogP contribution in [0, 0.1) is 0 Å². The normalized spacial score (nSPS) is 16.1. The summed E-state index contributed by atoms with van der Waals surface area (Å²) in [5.74, 6) is -0.0677. The van der Waals surface area contributed by atoms with Gasteiger partial charge in [-0.2, -0.15) is 0 Å². The number of anilines is 1. The predicted molar refractivity (Wildman–Crippen MR) is 84.2 cm³/mol. The number of nitrogens with one attached hydrogen (secondary N) is 2. The summed E-state index contributed by atoms with van der Waals surface area (Å²) in [5, 5.41) is 6.70. The number of carbonyl (C=O) groups is 1. The number of hydrogen-bond donors (Lipinski definition) is 2. The van der Waals surface area contributed by atoms with E-state index in [0.29, 0.717) is 23.7 Å². The first kappa shape index (κ1) is 15.8. The first-order valence-electron chi connectivity index (χ1n) is 6.72. The molecular weight excluding hydrogens is 344 g/mol. The minimum atomic E-state index is -0.0677. The lowest BCUT2D eigenvalue weighted by atomic mass is 10.1. The van der Waals surface area contributed by atoms with Gasteiger partial charge in [0.1, 0.15) is 0 Å². The third-order valence-corrected chi connectivity index (χ3v) is 4.10. The molecular formula is C14H18BrClN2O2. The Morgan fingerprint density at radius 3 is 2.95 bits per heavy atom. The van der Waals surface area contributed by atoms with Gasteiger partial charge in [-0.15, -0.1) is 0 Å². The molecule has 1 heterocycles. The molecule has 0 aromatic heterocycles. The van der Waals surface area contributed by atoms with Gasteiger partial charge in [0, 0.05) is 9.50 Å². The van der Waals surface area contributed by atoms with Crippen molar-refractivity contribution >= 4 is 39.1 Å². The zero-order chi connectivity index (χ0) is 14.4. The summed E-state index contributed by atoms with van der Waals surface area (Å²) in [4.78, 5) is 11.9. The van der Waals surface area contributed by atoms with Crippen molar-refractivity contribution in [3.63, 3.8) is 0 Å². The van der Waals surface area contributed by atoms with Gasteiger partial charge in [-0.05, 0) is 60.1 Å². The van der Waals surface area contributed by atoms with Crippen LogP contribution >= 0.6 is 27.5 Å². The first-order chi connectivity index (χ1) is 9.65. The Morgan fingerprint density at radius 1 is 1.45 bits per heavy atom. The van der Waals surface area contributed by atoms with Crippen LogP contribution in [0.1, 0.15) is 19.3 Å². The van der Waals surface area contributed by atoms with Gasteiger partial charge in [-0.3, -0.25) is 4.79 Å². The fraction of sp³-hybridized carbons (Fsp3) is 0.500. The molecule has 20 heavy (non-hydrogen) atoms. The van der Waals surface area contributed by atoms with E-state index in [1.807, 2.05) is 6.07 Å². The number of rotatable bonds is 5. The van der Waals surface area contributed by atoms with Crippen LogP contribution in [0.15, 0.2) is 22.7 Å². The lowest BCUT2D eigenvalue weighted by Crippen LogP contribution is -2.33. The van der Waals surface area contributed by atoms with E-state index in [4.69, 9.17) is 16.3 Å². The number of carbonyl (C=O) groups excluding carboxylic acids is 1. The molecule has 1 aromatic carbocycles. The van der Waals surface area contributed by atoms with E-state index in [0.717, 1.165) is 30.4 Å². The molecule has 2 rings (SSSR count). The fourth-order valence-electron chi connectivity index (χ4n) is 2.09. The summed E-state index contributed by atoms with van der Waals surface area (Å²) in [7, 11) is 0. The Labute approximate surface area is 132 Å². The topological polar surface area (TPSA) is 50.4 Å². The molecule has 1 saturated heterocycles. The van der Waals surface area contributed by atoms with Crippen molar-refractivity contribution in [3.8, 4) is 0 Å². The van der Waals surface area contributed by atoms with E-state index >= 15 is 0 Å². The molecule has 4 nitrogen and oxygen atoms in total. The van der Waals surface area contributed by atoms with Crippen LogP contribution in [-0.4, -0.2) is 31.7 Å². The number of piperidine rings is 1. The van der Waals surface area contributed by atoms with E-state index < -0.39 is 0 Å². The molecule has 0 atom stereocenters. The Hall–Kier alpha value is -0.620. The highest BCUT2D eigenvalue weighted by molar-refractivity contribution is 9.10. The quantitative estimate of drug-likeness (QED) is 0.847. The standard InChI is InChI=1S/C14H18BrClN2O2/c15-12-2-1-10(16)9-13(12)18-14(19)5-8-20-11-3-6-17-7-4-11/h1-2,9,11,17H,3-8H2,(H,18,19). The second kappa shape index (κ2) is 7.98.